The molecule has 5 nitrogen and oxygen atoms in total. The van der Waals surface area contributed by atoms with Crippen LogP contribution in [0.1, 0.15) is 19.3 Å². The monoisotopic (exact) mass is 155 g/mol. The molecule has 1 fully saturated rings. The molecule has 0 radical (unpaired) electrons. The Morgan fingerprint density at radius 1 is 1.73 bits per heavy atom. The number of nitrogens with one attached hydrogen (secondary N) is 2. The van der Waals surface area contributed by atoms with Crippen LogP contribution in [0.4, 0.5) is 0 Å². The number of nitrogens with two attached hydrogens (primary N) is 1. The largest absolute Gasteiger partial charge is 0.386 e. The lowest BCUT2D eigenvalue weighted by Crippen LogP contribution is -2.27. The second-order valence-corrected chi connectivity index (χ2v) is 2.69. The first-order valence-corrected chi connectivity index (χ1v) is 3.75. The van der Waals surface area contributed by atoms with E-state index in [0.717, 1.165) is 13.0 Å². The molecule has 0 amide bonds. The summed E-state index contributed by atoms with van der Waals surface area (Å²) in [6, 6.07) is 0.445. The Morgan fingerprint density at radius 2 is 2.55 bits per heavy atom. The van der Waals surface area contributed by atoms with Crippen LogP contribution in [0.3, 0.4) is 0 Å². The van der Waals surface area contributed by atoms with Crippen molar-refractivity contribution < 1.29 is 0 Å². The van der Waals surface area contributed by atoms with Crippen molar-refractivity contribution in [3.05, 3.63) is 0 Å². The summed E-state index contributed by atoms with van der Waals surface area (Å²) in [4.78, 5) is 0. The van der Waals surface area contributed by atoms with Crippen LogP contribution >= 0.6 is 0 Å². The van der Waals surface area contributed by atoms with Crippen LogP contribution in [-0.4, -0.2) is 18.4 Å². The van der Waals surface area contributed by atoms with Gasteiger partial charge in [-0.3, -0.25) is 0 Å². The summed E-state index contributed by atoms with van der Waals surface area (Å²) in [6.07, 6.45) is 3.06. The fourth-order valence-corrected chi connectivity index (χ4v) is 1.29. The minimum atomic E-state index is 0.444. The van der Waals surface area contributed by atoms with E-state index in [1.807, 2.05) is 0 Å². The van der Waals surface area contributed by atoms with Crippen LogP contribution in [-0.2, 0) is 0 Å². The van der Waals surface area contributed by atoms with Gasteiger partial charge in [-0.05, 0) is 19.4 Å². The maximum atomic E-state index is 6.44. The third-order valence-electron chi connectivity index (χ3n) is 1.80. The molecule has 0 aromatic carbocycles. The molecule has 5 heteroatoms. The maximum absolute atomic E-state index is 6.44. The summed E-state index contributed by atoms with van der Waals surface area (Å²) >= 11 is 0. The number of amidine groups is 1. The molecule has 1 aliphatic rings. The van der Waals surface area contributed by atoms with Gasteiger partial charge in [0.15, 0.2) is 0 Å². The standard InChI is InChI=1S/C6H13N5/c7-6(10-11-8)4-5-2-1-3-9-5/h5,9H,1-4H2,(H3,7,8,10)/t5-/m0/s1. The van der Waals surface area contributed by atoms with Crippen molar-refractivity contribution >= 4 is 5.84 Å². The highest BCUT2D eigenvalue weighted by atomic mass is 15.3. The third kappa shape index (κ3) is 2.63. The Kier molecular flexibility index (Phi) is 2.97. The lowest BCUT2D eigenvalue weighted by molar-refractivity contribution is 0.625. The molecule has 11 heavy (non-hydrogen) atoms. The SMILES string of the molecule is N=NN=C(N)C[C@@H]1CCCN1. The molecular formula is C6H13N5. The summed E-state index contributed by atoms with van der Waals surface area (Å²) in [6.45, 7) is 1.07. The predicted molar refractivity (Wildman–Crippen MR) is 42.4 cm³/mol. The Bertz CT molecular complexity index is 158. The van der Waals surface area contributed by atoms with Gasteiger partial charge >= 0.3 is 0 Å². The summed E-state index contributed by atoms with van der Waals surface area (Å²) < 4.78 is 0. The molecule has 0 bridgehead atoms. The van der Waals surface area contributed by atoms with Crippen LogP contribution in [0.2, 0.25) is 0 Å². The number of rotatable bonds is 3. The van der Waals surface area contributed by atoms with Crippen molar-refractivity contribution in [3.8, 4) is 0 Å². The Morgan fingerprint density at radius 3 is 3.09 bits per heavy atom. The van der Waals surface area contributed by atoms with Gasteiger partial charge in [0.25, 0.3) is 0 Å². The molecule has 1 rings (SSSR count). The van der Waals surface area contributed by atoms with Gasteiger partial charge in [-0.15, -0.1) is 5.10 Å². The highest BCUT2D eigenvalue weighted by Gasteiger charge is 2.14. The molecule has 0 unspecified atom stereocenters. The molecule has 4 N–H and O–H groups in total. The van der Waals surface area contributed by atoms with Gasteiger partial charge in [-0.25, -0.2) is 0 Å². The fraction of sp³-hybridized carbons (Fsp3) is 0.833. The van der Waals surface area contributed by atoms with Gasteiger partial charge in [-0.2, -0.15) is 5.53 Å². The third-order valence-corrected chi connectivity index (χ3v) is 1.80. The molecule has 1 atom stereocenters. The van der Waals surface area contributed by atoms with Gasteiger partial charge in [0.05, 0.1) is 0 Å². The lowest BCUT2D eigenvalue weighted by atomic mass is 10.1. The first-order valence-electron chi connectivity index (χ1n) is 3.75. The van der Waals surface area contributed by atoms with E-state index in [1.165, 1.54) is 6.42 Å². The smallest absolute Gasteiger partial charge is 0.125 e. The summed E-state index contributed by atoms with van der Waals surface area (Å²) in [5.41, 5.74) is 11.9. The quantitative estimate of drug-likeness (QED) is 0.239. The minimum Gasteiger partial charge on any atom is -0.386 e. The van der Waals surface area contributed by atoms with Gasteiger partial charge in [0.2, 0.25) is 0 Å². The molecule has 0 spiro atoms. The van der Waals surface area contributed by atoms with Crippen LogP contribution < -0.4 is 11.1 Å². The summed E-state index contributed by atoms with van der Waals surface area (Å²) in [7, 11) is 0. The van der Waals surface area contributed by atoms with Gasteiger partial charge < -0.3 is 11.1 Å². The van der Waals surface area contributed by atoms with Crippen molar-refractivity contribution in [2.45, 2.75) is 25.3 Å². The highest BCUT2D eigenvalue weighted by molar-refractivity contribution is 5.80. The van der Waals surface area contributed by atoms with E-state index in [4.69, 9.17) is 11.3 Å². The molecule has 0 saturated carbocycles. The second-order valence-electron chi connectivity index (χ2n) is 2.69. The van der Waals surface area contributed by atoms with E-state index >= 15 is 0 Å². The molecule has 1 heterocycles. The average Bonchev–Trinajstić information content (AvgIpc) is 2.40. The fourth-order valence-electron chi connectivity index (χ4n) is 1.29. The van der Waals surface area contributed by atoms with Crippen molar-refractivity contribution in [2.24, 2.45) is 16.1 Å². The minimum absolute atomic E-state index is 0.444. The molecule has 1 saturated heterocycles. The zero-order chi connectivity index (χ0) is 8.10. The van der Waals surface area contributed by atoms with Crippen molar-refractivity contribution in [3.63, 3.8) is 0 Å². The van der Waals surface area contributed by atoms with E-state index in [2.05, 4.69) is 15.6 Å². The Hall–Kier alpha value is -0.970. The van der Waals surface area contributed by atoms with Crippen molar-refractivity contribution in [2.75, 3.05) is 6.54 Å². The van der Waals surface area contributed by atoms with E-state index in [1.54, 1.807) is 0 Å². The van der Waals surface area contributed by atoms with Crippen LogP contribution in [0.25, 0.3) is 0 Å². The number of nitrogens with zero attached hydrogens (tertiary/aromatic N) is 2. The highest BCUT2D eigenvalue weighted by Crippen LogP contribution is 2.07. The van der Waals surface area contributed by atoms with Gasteiger partial charge in [0.1, 0.15) is 5.84 Å². The van der Waals surface area contributed by atoms with Crippen LogP contribution in [0.5, 0.6) is 0 Å². The Labute approximate surface area is 65.6 Å². The van der Waals surface area contributed by atoms with Crippen molar-refractivity contribution in [1.29, 1.82) is 5.53 Å². The average molecular weight is 155 g/mol. The zero-order valence-corrected chi connectivity index (χ0v) is 6.38. The second kappa shape index (κ2) is 4.02. The molecule has 1 aliphatic heterocycles. The van der Waals surface area contributed by atoms with Crippen LogP contribution in [0, 0.1) is 5.53 Å². The number of hydrogen-bond acceptors (Lipinski definition) is 3. The zero-order valence-electron chi connectivity index (χ0n) is 6.38. The molecule has 62 valence electrons. The first-order chi connectivity index (χ1) is 5.33. The van der Waals surface area contributed by atoms with Crippen molar-refractivity contribution in [1.82, 2.24) is 5.32 Å². The normalized spacial score (nSPS) is 25.5. The summed E-state index contributed by atoms with van der Waals surface area (Å²) in [5, 5.41) is 9.58. The van der Waals surface area contributed by atoms with Crippen LogP contribution in [0.15, 0.2) is 10.3 Å². The molecule has 0 aromatic heterocycles. The van der Waals surface area contributed by atoms with Gasteiger partial charge in [0, 0.05) is 12.5 Å². The molecular weight excluding hydrogens is 142 g/mol. The predicted octanol–water partition coefficient (Wildman–Crippen LogP) is 0.432. The van der Waals surface area contributed by atoms with E-state index in [0.29, 0.717) is 18.3 Å². The lowest BCUT2D eigenvalue weighted by Gasteiger charge is -2.06. The van der Waals surface area contributed by atoms with E-state index < -0.39 is 0 Å². The number of hydrogen-bond donors (Lipinski definition) is 3. The molecule has 0 aliphatic carbocycles. The maximum Gasteiger partial charge on any atom is 0.125 e. The summed E-state index contributed by atoms with van der Waals surface area (Å²) in [5.74, 6) is 0.444. The Balaban J connectivity index is 2.28. The van der Waals surface area contributed by atoms with Gasteiger partial charge in [-0.1, -0.05) is 5.22 Å². The molecule has 0 aromatic rings. The topological polar surface area (TPSA) is 86.6 Å². The van der Waals surface area contributed by atoms with E-state index in [9.17, 15) is 0 Å². The van der Waals surface area contributed by atoms with E-state index in [-0.39, 0.29) is 0 Å². The first kappa shape index (κ1) is 8.13.